The van der Waals surface area contributed by atoms with E-state index in [9.17, 15) is 4.79 Å². The van der Waals surface area contributed by atoms with Crippen molar-refractivity contribution in [1.29, 1.82) is 0 Å². The van der Waals surface area contributed by atoms with Crippen LogP contribution in [0.4, 0.5) is 0 Å². The molecule has 2 atom stereocenters. The largest absolute Gasteiger partial charge is 0.367 e. The minimum absolute atomic E-state index is 0.0722. The zero-order valence-electron chi connectivity index (χ0n) is 10.7. The molecule has 16 heavy (non-hydrogen) atoms. The predicted molar refractivity (Wildman–Crippen MR) is 64.4 cm³/mol. The predicted octanol–water partition coefficient (Wildman–Crippen LogP) is 1.01. The van der Waals surface area contributed by atoms with Gasteiger partial charge in [0.05, 0.1) is 6.10 Å². The van der Waals surface area contributed by atoms with Gasteiger partial charge in [-0.05, 0) is 26.8 Å². The van der Waals surface area contributed by atoms with Gasteiger partial charge in [0.1, 0.15) is 6.61 Å². The summed E-state index contributed by atoms with van der Waals surface area (Å²) in [6.07, 6.45) is 4.88. The van der Waals surface area contributed by atoms with Crippen molar-refractivity contribution in [1.82, 2.24) is 10.2 Å². The molecule has 0 bridgehead atoms. The molecule has 94 valence electrons. The molecule has 1 fully saturated rings. The highest BCUT2D eigenvalue weighted by molar-refractivity contribution is 5.77. The van der Waals surface area contributed by atoms with Crippen LogP contribution in [-0.4, -0.2) is 50.2 Å². The van der Waals surface area contributed by atoms with Crippen LogP contribution in [0.1, 0.15) is 32.6 Å². The van der Waals surface area contributed by atoms with Gasteiger partial charge in [-0.2, -0.15) is 0 Å². The van der Waals surface area contributed by atoms with Crippen LogP contribution in [0.2, 0.25) is 0 Å². The molecule has 1 rings (SSSR count). The van der Waals surface area contributed by atoms with Crippen LogP contribution in [0.25, 0.3) is 0 Å². The van der Waals surface area contributed by atoms with Gasteiger partial charge in [0.15, 0.2) is 0 Å². The molecule has 0 aromatic rings. The molecule has 1 N–H and O–H groups in total. The van der Waals surface area contributed by atoms with Crippen LogP contribution in [0.5, 0.6) is 0 Å². The fourth-order valence-corrected chi connectivity index (χ4v) is 2.09. The molecule has 0 aliphatic heterocycles. The Hall–Kier alpha value is -0.610. The van der Waals surface area contributed by atoms with E-state index in [0.29, 0.717) is 6.04 Å². The Balaban J connectivity index is 2.32. The highest BCUT2D eigenvalue weighted by Gasteiger charge is 2.25. The van der Waals surface area contributed by atoms with Crippen molar-refractivity contribution in [2.45, 2.75) is 44.8 Å². The minimum Gasteiger partial charge on any atom is -0.367 e. The first-order chi connectivity index (χ1) is 7.69. The number of carbonyl (C=O) groups excluding carboxylic acids is 1. The van der Waals surface area contributed by atoms with Crippen LogP contribution in [0, 0.1) is 0 Å². The Morgan fingerprint density at radius 2 is 2.12 bits per heavy atom. The van der Waals surface area contributed by atoms with Crippen LogP contribution in [0.3, 0.4) is 0 Å². The van der Waals surface area contributed by atoms with Gasteiger partial charge in [-0.1, -0.05) is 12.8 Å². The van der Waals surface area contributed by atoms with Crippen LogP contribution >= 0.6 is 0 Å². The average molecular weight is 228 g/mol. The second kappa shape index (κ2) is 6.86. The first kappa shape index (κ1) is 13.5. The molecule has 0 heterocycles. The smallest absolute Gasteiger partial charge is 0.248 e. The van der Waals surface area contributed by atoms with Crippen LogP contribution in [-0.2, 0) is 9.53 Å². The number of nitrogens with one attached hydrogen (secondary N) is 1. The number of likely N-dealkylation sites (N-methyl/N-ethyl adjacent to an activating group) is 2. The number of amides is 1. The highest BCUT2D eigenvalue weighted by Crippen LogP contribution is 2.20. The third-order valence-corrected chi connectivity index (χ3v) is 3.39. The molecule has 1 aliphatic rings. The normalized spacial score (nSPS) is 25.4. The summed E-state index contributed by atoms with van der Waals surface area (Å²) in [6.45, 7) is 2.92. The van der Waals surface area contributed by atoms with E-state index in [1.165, 1.54) is 12.8 Å². The fourth-order valence-electron chi connectivity index (χ4n) is 2.09. The van der Waals surface area contributed by atoms with Gasteiger partial charge in [0.2, 0.25) is 5.91 Å². The molecular formula is C12H24N2O2. The maximum atomic E-state index is 11.6. The Morgan fingerprint density at radius 3 is 2.75 bits per heavy atom. The Kier molecular flexibility index (Phi) is 5.77. The molecule has 0 aromatic heterocycles. The monoisotopic (exact) mass is 228 g/mol. The molecular weight excluding hydrogens is 204 g/mol. The van der Waals surface area contributed by atoms with Gasteiger partial charge in [0, 0.05) is 19.6 Å². The molecule has 1 amide bonds. The molecule has 0 spiro atoms. The maximum absolute atomic E-state index is 11.6. The average Bonchev–Trinajstić information content (AvgIpc) is 2.35. The Morgan fingerprint density at radius 1 is 1.44 bits per heavy atom. The summed E-state index contributed by atoms with van der Waals surface area (Å²) < 4.78 is 5.72. The van der Waals surface area contributed by atoms with E-state index in [1.807, 2.05) is 21.0 Å². The minimum atomic E-state index is 0.0722. The third-order valence-electron chi connectivity index (χ3n) is 3.39. The number of nitrogens with zero attached hydrogens (tertiary/aromatic N) is 1. The first-order valence-electron chi connectivity index (χ1n) is 6.21. The lowest BCUT2D eigenvalue weighted by molar-refractivity contribution is -0.137. The zero-order valence-corrected chi connectivity index (χ0v) is 10.7. The third kappa shape index (κ3) is 3.76. The van der Waals surface area contributed by atoms with Crippen molar-refractivity contribution in [3.05, 3.63) is 0 Å². The molecule has 4 heteroatoms. The van der Waals surface area contributed by atoms with E-state index in [2.05, 4.69) is 5.32 Å². The van der Waals surface area contributed by atoms with Crippen molar-refractivity contribution >= 4 is 5.91 Å². The maximum Gasteiger partial charge on any atom is 0.248 e. The van der Waals surface area contributed by atoms with Crippen molar-refractivity contribution in [3.63, 3.8) is 0 Å². The molecule has 0 aromatic carbocycles. The molecule has 1 saturated carbocycles. The summed E-state index contributed by atoms with van der Waals surface area (Å²) in [5.74, 6) is 0.0722. The van der Waals surface area contributed by atoms with Gasteiger partial charge in [0.25, 0.3) is 0 Å². The second-order valence-electron chi connectivity index (χ2n) is 4.44. The summed E-state index contributed by atoms with van der Waals surface area (Å²) >= 11 is 0. The van der Waals surface area contributed by atoms with Gasteiger partial charge >= 0.3 is 0 Å². The summed E-state index contributed by atoms with van der Waals surface area (Å²) in [7, 11) is 3.77. The fraction of sp³-hybridized carbons (Fsp3) is 0.917. The summed E-state index contributed by atoms with van der Waals surface area (Å²) in [6, 6.07) is 0.411. The number of hydrogen-bond donors (Lipinski definition) is 1. The van der Waals surface area contributed by atoms with E-state index < -0.39 is 0 Å². The lowest BCUT2D eigenvalue weighted by Gasteiger charge is -2.31. The lowest BCUT2D eigenvalue weighted by Crippen LogP contribution is -2.43. The van der Waals surface area contributed by atoms with Gasteiger partial charge < -0.3 is 15.0 Å². The van der Waals surface area contributed by atoms with Crippen molar-refractivity contribution < 1.29 is 9.53 Å². The molecule has 1 aliphatic carbocycles. The standard InChI is InChI=1S/C12H24N2O2/c1-4-14(3)12(15)9-16-11-8-6-5-7-10(11)13-2/h10-11,13H,4-9H2,1-3H3. The molecule has 4 nitrogen and oxygen atoms in total. The summed E-state index contributed by atoms with van der Waals surface area (Å²) in [4.78, 5) is 13.3. The number of rotatable bonds is 5. The van der Waals surface area contributed by atoms with E-state index >= 15 is 0 Å². The lowest BCUT2D eigenvalue weighted by atomic mass is 9.92. The van der Waals surface area contributed by atoms with E-state index in [-0.39, 0.29) is 18.6 Å². The zero-order chi connectivity index (χ0) is 12.0. The Bertz CT molecular complexity index is 221. The highest BCUT2D eigenvalue weighted by atomic mass is 16.5. The summed E-state index contributed by atoms with van der Waals surface area (Å²) in [5.41, 5.74) is 0. The van der Waals surface area contributed by atoms with Gasteiger partial charge in [-0.3, -0.25) is 4.79 Å². The number of ether oxygens (including phenoxy) is 1. The first-order valence-corrected chi connectivity index (χ1v) is 6.21. The van der Waals surface area contributed by atoms with Crippen LogP contribution < -0.4 is 5.32 Å². The van der Waals surface area contributed by atoms with E-state index in [4.69, 9.17) is 4.74 Å². The second-order valence-corrected chi connectivity index (χ2v) is 4.44. The SMILES string of the molecule is CCN(C)C(=O)COC1CCCCC1NC. The van der Waals surface area contributed by atoms with Crippen molar-refractivity contribution in [3.8, 4) is 0 Å². The van der Waals surface area contributed by atoms with E-state index in [0.717, 1.165) is 19.4 Å². The van der Waals surface area contributed by atoms with Crippen LogP contribution in [0.15, 0.2) is 0 Å². The number of carbonyl (C=O) groups is 1. The van der Waals surface area contributed by atoms with Gasteiger partial charge in [-0.25, -0.2) is 0 Å². The number of hydrogen-bond acceptors (Lipinski definition) is 3. The van der Waals surface area contributed by atoms with Crippen molar-refractivity contribution in [2.75, 3.05) is 27.2 Å². The summed E-state index contributed by atoms with van der Waals surface area (Å²) in [5, 5.41) is 3.27. The van der Waals surface area contributed by atoms with Crippen molar-refractivity contribution in [2.24, 2.45) is 0 Å². The van der Waals surface area contributed by atoms with Gasteiger partial charge in [-0.15, -0.1) is 0 Å². The topological polar surface area (TPSA) is 41.6 Å². The quantitative estimate of drug-likeness (QED) is 0.763. The Labute approximate surface area is 98.3 Å². The molecule has 0 radical (unpaired) electrons. The van der Waals surface area contributed by atoms with E-state index in [1.54, 1.807) is 4.90 Å². The molecule has 0 saturated heterocycles. The molecule has 2 unspecified atom stereocenters.